The van der Waals surface area contributed by atoms with Gasteiger partial charge in [-0.25, -0.2) is 4.98 Å². The summed E-state index contributed by atoms with van der Waals surface area (Å²) in [5, 5.41) is 0. The van der Waals surface area contributed by atoms with Crippen LogP contribution >= 0.6 is 0 Å². The molecule has 0 bridgehead atoms. The second-order valence-corrected chi connectivity index (χ2v) is 2.35. The SMILES string of the molecule is C#Cc1ncccc1C(N)C=C. The number of hydrogen-bond donors (Lipinski definition) is 1. The van der Waals surface area contributed by atoms with Crippen molar-refractivity contribution in [3.05, 3.63) is 42.2 Å². The fourth-order valence-electron chi connectivity index (χ4n) is 0.934. The van der Waals surface area contributed by atoms with Gasteiger partial charge in [0.25, 0.3) is 0 Å². The highest BCUT2D eigenvalue weighted by Crippen LogP contribution is 2.13. The molecule has 0 aromatic carbocycles. The normalized spacial score (nSPS) is 11.7. The highest BCUT2D eigenvalue weighted by molar-refractivity contribution is 5.36. The Bertz CT molecular complexity index is 323. The van der Waals surface area contributed by atoms with Gasteiger partial charge in [0, 0.05) is 11.8 Å². The molecule has 0 aliphatic heterocycles. The Morgan fingerprint density at radius 1 is 1.75 bits per heavy atom. The van der Waals surface area contributed by atoms with Crippen molar-refractivity contribution >= 4 is 0 Å². The molecular weight excluding hydrogens is 148 g/mol. The van der Waals surface area contributed by atoms with Crippen LogP contribution in [0, 0.1) is 12.3 Å². The molecule has 0 spiro atoms. The molecule has 1 aromatic heterocycles. The number of terminal acetylenes is 1. The van der Waals surface area contributed by atoms with Gasteiger partial charge in [-0.2, -0.15) is 0 Å². The van der Waals surface area contributed by atoms with Crippen LogP contribution in [0.5, 0.6) is 0 Å². The number of nitrogens with two attached hydrogens (primary N) is 1. The third kappa shape index (κ3) is 1.52. The third-order valence-electron chi connectivity index (χ3n) is 1.59. The van der Waals surface area contributed by atoms with Gasteiger partial charge in [0.1, 0.15) is 5.69 Å². The molecule has 12 heavy (non-hydrogen) atoms. The Hall–Kier alpha value is -1.59. The number of hydrogen-bond acceptors (Lipinski definition) is 2. The molecule has 2 heteroatoms. The third-order valence-corrected chi connectivity index (χ3v) is 1.59. The molecule has 1 rings (SSSR count). The summed E-state index contributed by atoms with van der Waals surface area (Å²) in [5.74, 6) is 2.47. The standard InChI is InChI=1S/C10H10N2/c1-3-9(11)8-6-5-7-12-10(8)4-2/h2-3,5-7,9H,1,11H2. The van der Waals surface area contributed by atoms with E-state index in [-0.39, 0.29) is 6.04 Å². The van der Waals surface area contributed by atoms with E-state index in [0.29, 0.717) is 5.69 Å². The van der Waals surface area contributed by atoms with E-state index in [1.165, 1.54) is 0 Å². The molecule has 0 amide bonds. The van der Waals surface area contributed by atoms with Crippen LogP contribution in [0.25, 0.3) is 0 Å². The minimum atomic E-state index is -0.232. The van der Waals surface area contributed by atoms with Crippen LogP contribution in [0.2, 0.25) is 0 Å². The first-order valence-electron chi connectivity index (χ1n) is 3.59. The van der Waals surface area contributed by atoms with Crippen molar-refractivity contribution in [3.63, 3.8) is 0 Å². The Balaban J connectivity index is 3.15. The lowest BCUT2D eigenvalue weighted by atomic mass is 10.1. The number of rotatable bonds is 2. The van der Waals surface area contributed by atoms with E-state index in [0.717, 1.165) is 5.56 Å². The zero-order valence-corrected chi connectivity index (χ0v) is 6.70. The summed E-state index contributed by atoms with van der Waals surface area (Å²) in [7, 11) is 0. The van der Waals surface area contributed by atoms with E-state index < -0.39 is 0 Å². The van der Waals surface area contributed by atoms with Crippen molar-refractivity contribution in [1.29, 1.82) is 0 Å². The smallest absolute Gasteiger partial charge is 0.117 e. The fourth-order valence-corrected chi connectivity index (χ4v) is 0.934. The summed E-state index contributed by atoms with van der Waals surface area (Å²) in [6, 6.07) is 3.43. The summed E-state index contributed by atoms with van der Waals surface area (Å²) >= 11 is 0. The van der Waals surface area contributed by atoms with Crippen LogP contribution in [-0.4, -0.2) is 4.98 Å². The molecule has 2 nitrogen and oxygen atoms in total. The highest BCUT2D eigenvalue weighted by Gasteiger charge is 2.05. The van der Waals surface area contributed by atoms with E-state index >= 15 is 0 Å². The van der Waals surface area contributed by atoms with Gasteiger partial charge in [0.05, 0.1) is 6.04 Å². The molecular formula is C10H10N2. The summed E-state index contributed by atoms with van der Waals surface area (Å²) in [6.45, 7) is 3.59. The number of nitrogens with zero attached hydrogens (tertiary/aromatic N) is 1. The molecule has 60 valence electrons. The molecule has 2 N–H and O–H groups in total. The topological polar surface area (TPSA) is 38.9 Å². The van der Waals surface area contributed by atoms with E-state index in [1.807, 2.05) is 6.07 Å². The average molecular weight is 158 g/mol. The maximum Gasteiger partial charge on any atom is 0.117 e. The first-order valence-corrected chi connectivity index (χ1v) is 3.59. The van der Waals surface area contributed by atoms with Crippen LogP contribution in [0.1, 0.15) is 17.3 Å². The largest absolute Gasteiger partial charge is 0.321 e. The first-order chi connectivity index (χ1) is 5.79. The van der Waals surface area contributed by atoms with Gasteiger partial charge in [-0.3, -0.25) is 0 Å². The lowest BCUT2D eigenvalue weighted by Gasteiger charge is -2.07. The van der Waals surface area contributed by atoms with E-state index in [1.54, 1.807) is 18.3 Å². The first kappa shape index (κ1) is 8.51. The van der Waals surface area contributed by atoms with Crippen molar-refractivity contribution in [2.45, 2.75) is 6.04 Å². The zero-order chi connectivity index (χ0) is 8.97. The van der Waals surface area contributed by atoms with E-state index in [9.17, 15) is 0 Å². The summed E-state index contributed by atoms with van der Waals surface area (Å²) in [4.78, 5) is 4.00. The van der Waals surface area contributed by atoms with Crippen LogP contribution in [0.3, 0.4) is 0 Å². The van der Waals surface area contributed by atoms with Crippen molar-refractivity contribution in [2.24, 2.45) is 5.73 Å². The number of pyridine rings is 1. The maximum absolute atomic E-state index is 5.72. The molecule has 1 heterocycles. The number of aromatic nitrogens is 1. The Kier molecular flexibility index (Phi) is 2.62. The van der Waals surface area contributed by atoms with Gasteiger partial charge in [0.2, 0.25) is 0 Å². The van der Waals surface area contributed by atoms with Gasteiger partial charge < -0.3 is 5.73 Å². The summed E-state index contributed by atoms with van der Waals surface area (Å²) in [5.41, 5.74) is 7.15. The van der Waals surface area contributed by atoms with Crippen LogP contribution in [-0.2, 0) is 0 Å². The molecule has 1 atom stereocenters. The van der Waals surface area contributed by atoms with Crippen LogP contribution < -0.4 is 5.73 Å². The van der Waals surface area contributed by atoms with Crippen molar-refractivity contribution in [3.8, 4) is 12.3 Å². The zero-order valence-electron chi connectivity index (χ0n) is 6.70. The highest BCUT2D eigenvalue weighted by atomic mass is 14.7. The minimum Gasteiger partial charge on any atom is -0.321 e. The quantitative estimate of drug-likeness (QED) is 0.519. The molecule has 0 saturated carbocycles. The average Bonchev–Trinajstić information content (AvgIpc) is 2.16. The molecule has 1 unspecified atom stereocenters. The van der Waals surface area contributed by atoms with Crippen LogP contribution in [0.15, 0.2) is 31.0 Å². The summed E-state index contributed by atoms with van der Waals surface area (Å²) in [6.07, 6.45) is 8.52. The van der Waals surface area contributed by atoms with E-state index in [4.69, 9.17) is 12.2 Å². The molecule has 0 aliphatic carbocycles. The Labute approximate surface area is 72.1 Å². The monoisotopic (exact) mass is 158 g/mol. The van der Waals surface area contributed by atoms with Gasteiger partial charge in [0.15, 0.2) is 0 Å². The van der Waals surface area contributed by atoms with Crippen molar-refractivity contribution < 1.29 is 0 Å². The molecule has 0 radical (unpaired) electrons. The lowest BCUT2D eigenvalue weighted by molar-refractivity contribution is 0.898. The molecule has 0 aliphatic rings. The predicted octanol–water partition coefficient (Wildman–Crippen LogP) is 1.25. The van der Waals surface area contributed by atoms with Crippen LogP contribution in [0.4, 0.5) is 0 Å². The van der Waals surface area contributed by atoms with Gasteiger partial charge in [-0.05, 0) is 12.0 Å². The predicted molar refractivity (Wildman–Crippen MR) is 49.3 cm³/mol. The minimum absolute atomic E-state index is 0.232. The van der Waals surface area contributed by atoms with E-state index in [2.05, 4.69) is 17.5 Å². The fraction of sp³-hybridized carbons (Fsp3) is 0.100. The maximum atomic E-state index is 5.72. The second-order valence-electron chi connectivity index (χ2n) is 2.35. The Morgan fingerprint density at radius 2 is 2.50 bits per heavy atom. The Morgan fingerprint density at radius 3 is 3.08 bits per heavy atom. The van der Waals surface area contributed by atoms with Crippen molar-refractivity contribution in [1.82, 2.24) is 4.98 Å². The molecule has 0 saturated heterocycles. The lowest BCUT2D eigenvalue weighted by Crippen LogP contribution is -2.09. The molecule has 1 aromatic rings. The molecule has 0 fully saturated rings. The van der Waals surface area contributed by atoms with Gasteiger partial charge in [-0.15, -0.1) is 13.0 Å². The summed E-state index contributed by atoms with van der Waals surface area (Å²) < 4.78 is 0. The van der Waals surface area contributed by atoms with Gasteiger partial charge >= 0.3 is 0 Å². The van der Waals surface area contributed by atoms with Crippen molar-refractivity contribution in [2.75, 3.05) is 0 Å². The van der Waals surface area contributed by atoms with Gasteiger partial charge in [-0.1, -0.05) is 12.1 Å². The second kappa shape index (κ2) is 3.70.